The SMILES string of the molecule is CCCCCC(=O)Nc1cccc(NC(=O)c2ccccc2OCCOC)c1. The molecule has 0 aromatic heterocycles. The summed E-state index contributed by atoms with van der Waals surface area (Å²) in [4.78, 5) is 24.7. The molecule has 0 atom stereocenters. The van der Waals surface area contributed by atoms with Gasteiger partial charge in [-0.05, 0) is 36.8 Å². The molecule has 0 aliphatic heterocycles. The maximum Gasteiger partial charge on any atom is 0.259 e. The van der Waals surface area contributed by atoms with E-state index in [4.69, 9.17) is 9.47 Å². The molecule has 6 nitrogen and oxygen atoms in total. The zero-order valence-electron chi connectivity index (χ0n) is 16.5. The van der Waals surface area contributed by atoms with E-state index >= 15 is 0 Å². The quantitative estimate of drug-likeness (QED) is 0.560. The zero-order valence-corrected chi connectivity index (χ0v) is 16.5. The fraction of sp³-hybridized carbons (Fsp3) is 0.364. The molecule has 150 valence electrons. The lowest BCUT2D eigenvalue weighted by Crippen LogP contribution is -2.15. The fourth-order valence-electron chi connectivity index (χ4n) is 2.65. The van der Waals surface area contributed by atoms with Crippen LogP contribution in [-0.2, 0) is 9.53 Å². The molecule has 0 aliphatic rings. The molecule has 2 rings (SSSR count). The number of ether oxygens (including phenoxy) is 2. The van der Waals surface area contributed by atoms with Crippen LogP contribution in [0, 0.1) is 0 Å². The van der Waals surface area contributed by atoms with E-state index in [1.165, 1.54) is 0 Å². The first-order chi connectivity index (χ1) is 13.6. The number of hydrogen-bond donors (Lipinski definition) is 2. The fourth-order valence-corrected chi connectivity index (χ4v) is 2.65. The first kappa shape index (κ1) is 21.4. The Balaban J connectivity index is 2.00. The van der Waals surface area contributed by atoms with Gasteiger partial charge < -0.3 is 20.1 Å². The normalized spacial score (nSPS) is 10.4. The molecule has 2 aromatic rings. The predicted octanol–water partition coefficient (Wildman–Crippen LogP) is 4.48. The van der Waals surface area contributed by atoms with Gasteiger partial charge in [0.25, 0.3) is 5.91 Å². The Hall–Kier alpha value is -2.86. The van der Waals surface area contributed by atoms with Crippen molar-refractivity contribution in [3.63, 3.8) is 0 Å². The maximum atomic E-state index is 12.7. The average Bonchev–Trinajstić information content (AvgIpc) is 2.69. The number of carbonyl (C=O) groups is 2. The third-order valence-corrected chi connectivity index (χ3v) is 4.09. The summed E-state index contributed by atoms with van der Waals surface area (Å²) in [7, 11) is 1.59. The molecule has 0 saturated carbocycles. The Morgan fingerprint density at radius 3 is 2.43 bits per heavy atom. The van der Waals surface area contributed by atoms with Crippen molar-refractivity contribution in [3.8, 4) is 5.75 Å². The second-order valence-electron chi connectivity index (χ2n) is 6.38. The van der Waals surface area contributed by atoms with Crippen molar-refractivity contribution in [1.29, 1.82) is 0 Å². The molecule has 0 spiro atoms. The highest BCUT2D eigenvalue weighted by atomic mass is 16.5. The molecule has 0 heterocycles. The summed E-state index contributed by atoms with van der Waals surface area (Å²) in [6.45, 7) is 2.90. The molecule has 0 unspecified atom stereocenters. The molecule has 2 amide bonds. The molecular formula is C22H28N2O4. The van der Waals surface area contributed by atoms with Crippen molar-refractivity contribution in [2.75, 3.05) is 31.0 Å². The molecule has 2 aromatic carbocycles. The largest absolute Gasteiger partial charge is 0.490 e. The van der Waals surface area contributed by atoms with Crippen LogP contribution in [0.1, 0.15) is 43.0 Å². The number of rotatable bonds is 11. The van der Waals surface area contributed by atoms with Crippen LogP contribution in [0.3, 0.4) is 0 Å². The smallest absolute Gasteiger partial charge is 0.259 e. The van der Waals surface area contributed by atoms with Crippen molar-refractivity contribution in [2.24, 2.45) is 0 Å². The summed E-state index contributed by atoms with van der Waals surface area (Å²) in [5.74, 6) is 0.200. The van der Waals surface area contributed by atoms with Crippen molar-refractivity contribution in [3.05, 3.63) is 54.1 Å². The van der Waals surface area contributed by atoms with Gasteiger partial charge in [0, 0.05) is 24.9 Å². The van der Waals surface area contributed by atoms with Gasteiger partial charge in [0.15, 0.2) is 0 Å². The summed E-state index contributed by atoms with van der Waals surface area (Å²) < 4.78 is 10.6. The Morgan fingerprint density at radius 1 is 0.929 bits per heavy atom. The van der Waals surface area contributed by atoms with Gasteiger partial charge in [-0.3, -0.25) is 9.59 Å². The summed E-state index contributed by atoms with van der Waals surface area (Å²) in [6.07, 6.45) is 3.48. The molecule has 0 radical (unpaired) electrons. The molecule has 2 N–H and O–H groups in total. The van der Waals surface area contributed by atoms with E-state index in [1.54, 1.807) is 49.6 Å². The van der Waals surface area contributed by atoms with Crippen molar-refractivity contribution < 1.29 is 19.1 Å². The number of amides is 2. The highest BCUT2D eigenvalue weighted by molar-refractivity contribution is 6.06. The van der Waals surface area contributed by atoms with Gasteiger partial charge in [0.1, 0.15) is 12.4 Å². The molecular weight excluding hydrogens is 356 g/mol. The summed E-state index contributed by atoms with van der Waals surface area (Å²) in [5, 5.41) is 5.72. The van der Waals surface area contributed by atoms with E-state index < -0.39 is 0 Å². The number of carbonyl (C=O) groups excluding carboxylic acids is 2. The molecule has 0 aliphatic carbocycles. The van der Waals surface area contributed by atoms with Gasteiger partial charge in [-0.1, -0.05) is 38.0 Å². The summed E-state index contributed by atoms with van der Waals surface area (Å²) >= 11 is 0. The first-order valence-corrected chi connectivity index (χ1v) is 9.56. The van der Waals surface area contributed by atoms with E-state index in [1.807, 2.05) is 6.07 Å². The van der Waals surface area contributed by atoms with Gasteiger partial charge in [0.2, 0.25) is 5.91 Å². The second kappa shape index (κ2) is 11.8. The minimum absolute atomic E-state index is 0.0196. The number of nitrogens with one attached hydrogen (secondary N) is 2. The van der Waals surface area contributed by atoms with Crippen LogP contribution >= 0.6 is 0 Å². The number of hydrogen-bond acceptors (Lipinski definition) is 4. The molecule has 0 saturated heterocycles. The Labute approximate surface area is 166 Å². The Kier molecular flexibility index (Phi) is 9.01. The number of methoxy groups -OCH3 is 1. The molecule has 0 fully saturated rings. The molecule has 6 heteroatoms. The Morgan fingerprint density at radius 2 is 1.68 bits per heavy atom. The van der Waals surface area contributed by atoms with E-state index in [0.29, 0.717) is 42.3 Å². The predicted molar refractivity (Wildman–Crippen MR) is 111 cm³/mol. The zero-order chi connectivity index (χ0) is 20.2. The molecule has 0 bridgehead atoms. The van der Waals surface area contributed by atoms with Crippen LogP contribution in [0.25, 0.3) is 0 Å². The number of anilines is 2. The van der Waals surface area contributed by atoms with Crippen LogP contribution in [0.15, 0.2) is 48.5 Å². The average molecular weight is 384 g/mol. The van der Waals surface area contributed by atoms with Crippen molar-refractivity contribution in [2.45, 2.75) is 32.6 Å². The standard InChI is InChI=1S/C22H28N2O4/c1-3-4-5-13-21(25)23-17-9-8-10-18(16-17)24-22(26)19-11-6-7-12-20(19)28-15-14-27-2/h6-12,16H,3-5,13-15H2,1-2H3,(H,23,25)(H,24,26). The summed E-state index contributed by atoms with van der Waals surface area (Å²) in [5.41, 5.74) is 1.69. The van der Waals surface area contributed by atoms with Gasteiger partial charge in [-0.2, -0.15) is 0 Å². The molecule has 28 heavy (non-hydrogen) atoms. The van der Waals surface area contributed by atoms with Gasteiger partial charge in [-0.25, -0.2) is 0 Å². The lowest BCUT2D eigenvalue weighted by Gasteiger charge is -2.12. The third kappa shape index (κ3) is 7.04. The lowest BCUT2D eigenvalue weighted by molar-refractivity contribution is -0.116. The topological polar surface area (TPSA) is 76.7 Å². The van der Waals surface area contributed by atoms with E-state index in [2.05, 4.69) is 17.6 Å². The van der Waals surface area contributed by atoms with E-state index in [-0.39, 0.29) is 11.8 Å². The highest BCUT2D eigenvalue weighted by Gasteiger charge is 2.13. The second-order valence-corrected chi connectivity index (χ2v) is 6.38. The summed E-state index contributed by atoms with van der Waals surface area (Å²) in [6, 6.07) is 14.2. The van der Waals surface area contributed by atoms with Gasteiger partial charge >= 0.3 is 0 Å². The minimum Gasteiger partial charge on any atom is -0.490 e. The number of benzene rings is 2. The lowest BCUT2D eigenvalue weighted by atomic mass is 10.1. The van der Waals surface area contributed by atoms with Crippen molar-refractivity contribution in [1.82, 2.24) is 0 Å². The number of unbranched alkanes of at least 4 members (excludes halogenated alkanes) is 2. The van der Waals surface area contributed by atoms with Crippen LogP contribution in [0.4, 0.5) is 11.4 Å². The van der Waals surface area contributed by atoms with Gasteiger partial charge in [-0.15, -0.1) is 0 Å². The number of para-hydroxylation sites is 1. The first-order valence-electron chi connectivity index (χ1n) is 9.56. The third-order valence-electron chi connectivity index (χ3n) is 4.09. The minimum atomic E-state index is -0.278. The monoisotopic (exact) mass is 384 g/mol. The Bertz CT molecular complexity index is 777. The van der Waals surface area contributed by atoms with Crippen LogP contribution in [-0.4, -0.2) is 32.1 Å². The van der Waals surface area contributed by atoms with Crippen LogP contribution in [0.2, 0.25) is 0 Å². The van der Waals surface area contributed by atoms with Crippen LogP contribution in [0.5, 0.6) is 5.75 Å². The van der Waals surface area contributed by atoms with E-state index in [0.717, 1.165) is 19.3 Å². The maximum absolute atomic E-state index is 12.7. The highest BCUT2D eigenvalue weighted by Crippen LogP contribution is 2.21. The van der Waals surface area contributed by atoms with Gasteiger partial charge in [0.05, 0.1) is 12.2 Å². The van der Waals surface area contributed by atoms with Crippen LogP contribution < -0.4 is 15.4 Å². The van der Waals surface area contributed by atoms with E-state index in [9.17, 15) is 9.59 Å². The van der Waals surface area contributed by atoms with Crippen molar-refractivity contribution >= 4 is 23.2 Å².